The number of rotatable bonds is 17. The molecule has 0 spiro atoms. The Bertz CT molecular complexity index is 1340. The Labute approximate surface area is 256 Å². The predicted molar refractivity (Wildman–Crippen MR) is 170 cm³/mol. The molecule has 0 bridgehead atoms. The van der Waals surface area contributed by atoms with Gasteiger partial charge in [0.15, 0.2) is 5.69 Å². The van der Waals surface area contributed by atoms with Gasteiger partial charge in [-0.25, -0.2) is 0 Å². The summed E-state index contributed by atoms with van der Waals surface area (Å²) in [6.45, 7) is 16.4. The highest BCUT2D eigenvalue weighted by atomic mass is 16.3. The first-order valence-corrected chi connectivity index (χ1v) is 15.8. The summed E-state index contributed by atoms with van der Waals surface area (Å²) in [6.07, 6.45) is 4.21. The van der Waals surface area contributed by atoms with Crippen LogP contribution >= 0.6 is 0 Å². The maximum Gasteiger partial charge on any atom is 0.271 e. The molecular weight excluding hydrogens is 544 g/mol. The van der Waals surface area contributed by atoms with Gasteiger partial charge in [-0.05, 0) is 62.4 Å². The number of azo groups is 1. The third kappa shape index (κ3) is 8.97. The van der Waals surface area contributed by atoms with Crippen LogP contribution < -0.4 is 5.56 Å². The molecule has 0 aliphatic heterocycles. The fraction of sp³-hybridized carbons (Fsp3) is 0.606. The van der Waals surface area contributed by atoms with Gasteiger partial charge in [0, 0.05) is 37.3 Å². The number of carbonyl (C=O) groups is 1. The molecule has 0 fully saturated rings. The molecule has 43 heavy (non-hydrogen) atoms. The first-order valence-electron chi connectivity index (χ1n) is 15.8. The third-order valence-electron chi connectivity index (χ3n) is 7.63. The molecule has 0 radical (unpaired) electrons. The number of benzene rings is 1. The molecule has 0 aliphatic carbocycles. The van der Waals surface area contributed by atoms with Gasteiger partial charge in [-0.15, -0.1) is 5.11 Å². The van der Waals surface area contributed by atoms with Crippen molar-refractivity contribution in [1.29, 1.82) is 5.26 Å². The summed E-state index contributed by atoms with van der Waals surface area (Å²) < 4.78 is 1.18. The van der Waals surface area contributed by atoms with E-state index in [1.165, 1.54) is 4.57 Å². The fourth-order valence-electron chi connectivity index (χ4n) is 5.04. The highest BCUT2D eigenvalue weighted by Crippen LogP contribution is 2.38. The average molecular weight is 595 g/mol. The minimum atomic E-state index is -0.954. The lowest BCUT2D eigenvalue weighted by Crippen LogP contribution is -2.32. The number of hydrogen-bond acceptors (Lipinski definition) is 8. The second kappa shape index (κ2) is 17.5. The van der Waals surface area contributed by atoms with E-state index in [-0.39, 0.29) is 35.5 Å². The zero-order valence-corrected chi connectivity index (χ0v) is 27.1. The van der Waals surface area contributed by atoms with Crippen molar-refractivity contribution < 1.29 is 15.0 Å². The second-order valence-electron chi connectivity index (χ2n) is 11.1. The van der Waals surface area contributed by atoms with Crippen molar-refractivity contribution in [2.45, 2.75) is 106 Å². The van der Waals surface area contributed by atoms with Crippen LogP contribution in [0.3, 0.4) is 0 Å². The van der Waals surface area contributed by atoms with Crippen LogP contribution in [0.5, 0.6) is 5.88 Å². The molecule has 10 heteroatoms. The van der Waals surface area contributed by atoms with Gasteiger partial charge >= 0.3 is 0 Å². The fourth-order valence-corrected chi connectivity index (χ4v) is 5.04. The van der Waals surface area contributed by atoms with Gasteiger partial charge in [-0.3, -0.25) is 19.1 Å². The molecule has 0 saturated carbocycles. The van der Waals surface area contributed by atoms with Gasteiger partial charge in [0.2, 0.25) is 5.88 Å². The van der Waals surface area contributed by atoms with Crippen LogP contribution in [0.4, 0.5) is 11.4 Å². The van der Waals surface area contributed by atoms with Gasteiger partial charge in [0.25, 0.3) is 11.5 Å². The van der Waals surface area contributed by atoms with Crippen molar-refractivity contribution in [3.05, 3.63) is 50.8 Å². The van der Waals surface area contributed by atoms with Crippen LogP contribution in [0.15, 0.2) is 33.2 Å². The van der Waals surface area contributed by atoms with E-state index in [1.54, 1.807) is 23.1 Å². The molecule has 2 aromatic rings. The SMILES string of the molecule is CCCCN(CC)C(=O)c1cc(/N=N/c2c(C(C)C)c(C#N)c(=O)n(CCCC)c2O)cc(C(O)N(CC)CCCC)c1. The molecule has 1 heterocycles. The maximum absolute atomic E-state index is 13.6. The number of aromatic nitrogens is 1. The van der Waals surface area contributed by atoms with Crippen LogP contribution in [-0.4, -0.2) is 56.7 Å². The monoisotopic (exact) mass is 594 g/mol. The van der Waals surface area contributed by atoms with E-state index >= 15 is 0 Å². The zero-order chi connectivity index (χ0) is 32.1. The van der Waals surface area contributed by atoms with Crippen LogP contribution in [-0.2, 0) is 6.54 Å². The second-order valence-corrected chi connectivity index (χ2v) is 11.1. The van der Waals surface area contributed by atoms with Gasteiger partial charge in [0.05, 0.1) is 5.69 Å². The van der Waals surface area contributed by atoms with Crippen molar-refractivity contribution in [2.24, 2.45) is 10.2 Å². The highest BCUT2D eigenvalue weighted by molar-refractivity contribution is 5.95. The summed E-state index contributed by atoms with van der Waals surface area (Å²) >= 11 is 0. The predicted octanol–water partition coefficient (Wildman–Crippen LogP) is 7.14. The van der Waals surface area contributed by atoms with E-state index < -0.39 is 11.8 Å². The van der Waals surface area contributed by atoms with E-state index in [0.29, 0.717) is 55.0 Å². The minimum absolute atomic E-state index is 0.0531. The van der Waals surface area contributed by atoms with Crippen LogP contribution in [0.2, 0.25) is 0 Å². The topological polar surface area (TPSA) is 135 Å². The summed E-state index contributed by atoms with van der Waals surface area (Å²) in [7, 11) is 0. The Morgan fingerprint density at radius 1 is 0.977 bits per heavy atom. The number of nitrogens with zero attached hydrogens (tertiary/aromatic N) is 6. The highest BCUT2D eigenvalue weighted by Gasteiger charge is 2.25. The quantitative estimate of drug-likeness (QED) is 0.148. The molecule has 1 aromatic carbocycles. The maximum atomic E-state index is 13.6. The summed E-state index contributed by atoms with van der Waals surface area (Å²) in [5.41, 5.74) is 0.975. The number of unbranched alkanes of at least 4 members (excludes halogenated alkanes) is 3. The lowest BCUT2D eigenvalue weighted by Gasteiger charge is -2.27. The summed E-state index contributed by atoms with van der Waals surface area (Å²) in [5, 5.41) is 41.2. The van der Waals surface area contributed by atoms with E-state index in [9.17, 15) is 25.1 Å². The Kier molecular flexibility index (Phi) is 14.5. The summed E-state index contributed by atoms with van der Waals surface area (Å²) in [4.78, 5) is 30.4. The number of aliphatic hydroxyl groups is 1. The number of nitriles is 1. The summed E-state index contributed by atoms with van der Waals surface area (Å²) in [6, 6.07) is 7.04. The lowest BCUT2D eigenvalue weighted by atomic mass is 9.97. The summed E-state index contributed by atoms with van der Waals surface area (Å²) in [5.74, 6) is -0.795. The number of aliphatic hydroxyl groups excluding tert-OH is 1. The number of pyridine rings is 1. The van der Waals surface area contributed by atoms with Crippen molar-refractivity contribution >= 4 is 17.3 Å². The normalized spacial score (nSPS) is 12.3. The van der Waals surface area contributed by atoms with E-state index in [2.05, 4.69) is 24.1 Å². The number of carbonyl (C=O) groups excluding carboxylic acids is 1. The van der Waals surface area contributed by atoms with Crippen molar-refractivity contribution in [1.82, 2.24) is 14.4 Å². The standard InChI is InChI=1S/C33H50N6O4/c1-8-13-16-37(11-4)30(40)24-19-25(31(41)38(12-5)17-14-9-2)21-26(20-24)35-36-29-28(23(6)7)27(22-34)32(42)39(33(29)43)18-15-10-3/h19-21,23,30,40,43H,8-18H2,1-7H3/b36-35+. The Balaban J connectivity index is 2.76. The van der Waals surface area contributed by atoms with E-state index in [1.807, 2.05) is 45.6 Å². The first-order chi connectivity index (χ1) is 20.6. The molecule has 0 saturated heterocycles. The number of amides is 1. The Hall–Kier alpha value is -3.55. The molecule has 0 aliphatic rings. The van der Waals surface area contributed by atoms with Crippen molar-refractivity contribution in [2.75, 3.05) is 26.2 Å². The van der Waals surface area contributed by atoms with E-state index in [0.717, 1.165) is 32.1 Å². The molecule has 2 rings (SSSR count). The van der Waals surface area contributed by atoms with Crippen LogP contribution in [0, 0.1) is 11.3 Å². The first kappa shape index (κ1) is 35.6. The minimum Gasteiger partial charge on any atom is -0.493 e. The van der Waals surface area contributed by atoms with Gasteiger partial charge < -0.3 is 15.1 Å². The van der Waals surface area contributed by atoms with Gasteiger partial charge in [-0.1, -0.05) is 60.8 Å². The largest absolute Gasteiger partial charge is 0.493 e. The zero-order valence-electron chi connectivity index (χ0n) is 27.1. The smallest absolute Gasteiger partial charge is 0.271 e. The molecule has 1 atom stereocenters. The molecular formula is C33H50N6O4. The Morgan fingerprint density at radius 3 is 2.19 bits per heavy atom. The van der Waals surface area contributed by atoms with E-state index in [4.69, 9.17) is 0 Å². The molecule has 1 aromatic heterocycles. The van der Waals surface area contributed by atoms with Crippen LogP contribution in [0.25, 0.3) is 0 Å². The third-order valence-corrected chi connectivity index (χ3v) is 7.63. The van der Waals surface area contributed by atoms with Gasteiger partial charge in [0.1, 0.15) is 17.9 Å². The molecule has 1 unspecified atom stereocenters. The molecule has 1 amide bonds. The average Bonchev–Trinajstić information content (AvgIpc) is 3.00. The van der Waals surface area contributed by atoms with Gasteiger partial charge in [-0.2, -0.15) is 10.4 Å². The molecule has 236 valence electrons. The van der Waals surface area contributed by atoms with Crippen molar-refractivity contribution in [3.8, 4) is 11.9 Å². The van der Waals surface area contributed by atoms with Crippen molar-refractivity contribution in [3.63, 3.8) is 0 Å². The lowest BCUT2D eigenvalue weighted by molar-refractivity contribution is 0.00444. The molecule has 10 nitrogen and oxygen atoms in total. The number of hydrogen-bond donors (Lipinski definition) is 2. The Morgan fingerprint density at radius 2 is 1.63 bits per heavy atom. The molecule has 2 N–H and O–H groups in total. The number of aromatic hydroxyl groups is 1. The van der Waals surface area contributed by atoms with Crippen LogP contribution in [0.1, 0.15) is 126 Å².